The summed E-state index contributed by atoms with van der Waals surface area (Å²) < 4.78 is 69.0. The molecule has 2 atom stereocenters. The van der Waals surface area contributed by atoms with Crippen LogP contribution in [0.4, 0.5) is 22.0 Å². The van der Waals surface area contributed by atoms with Gasteiger partial charge in [-0.1, -0.05) is 30.3 Å². The number of benzene rings is 2. The minimum Gasteiger partial charge on any atom is -0.350 e. The fraction of sp³-hybridized carbons (Fsp3) is 0.292. The predicted molar refractivity (Wildman–Crippen MR) is 123 cm³/mol. The van der Waals surface area contributed by atoms with Crippen molar-refractivity contribution in [2.75, 3.05) is 6.54 Å². The van der Waals surface area contributed by atoms with E-state index < -0.39 is 53.9 Å². The quantitative estimate of drug-likeness (QED) is 0.349. The number of Topliss-reactive ketones (excluding diaryl/α,β-unsaturated/α-hetero) is 1. The minimum atomic E-state index is -5.10. The van der Waals surface area contributed by atoms with E-state index >= 15 is 0 Å². The molecule has 1 aliphatic rings. The van der Waals surface area contributed by atoms with Gasteiger partial charge in [-0.15, -0.1) is 0 Å². The van der Waals surface area contributed by atoms with Gasteiger partial charge in [0.2, 0.25) is 11.8 Å². The van der Waals surface area contributed by atoms with Crippen LogP contribution in [0.3, 0.4) is 0 Å². The second kappa shape index (κ2) is 10.00. The van der Waals surface area contributed by atoms with Gasteiger partial charge in [-0.3, -0.25) is 14.4 Å². The fourth-order valence-electron chi connectivity index (χ4n) is 4.24. The van der Waals surface area contributed by atoms with Gasteiger partial charge in [0, 0.05) is 35.6 Å². The molecule has 1 aliphatic heterocycles. The summed E-state index contributed by atoms with van der Waals surface area (Å²) in [6, 6.07) is 9.14. The number of amides is 2. The van der Waals surface area contributed by atoms with E-state index in [1.807, 2.05) is 0 Å². The Kier molecular flexibility index (Phi) is 7.17. The summed E-state index contributed by atoms with van der Waals surface area (Å²) in [6.07, 6.45) is -5.93. The molecular weight excluding hydrogens is 553 g/mol. The van der Waals surface area contributed by atoms with Gasteiger partial charge in [-0.25, -0.2) is 8.78 Å². The van der Waals surface area contributed by atoms with Gasteiger partial charge in [0.15, 0.2) is 0 Å². The Labute approximate surface area is 210 Å². The Bertz CT molecular complexity index is 1340. The highest BCUT2D eigenvalue weighted by Gasteiger charge is 2.42. The maximum Gasteiger partial charge on any atom is 0.454 e. The smallest absolute Gasteiger partial charge is 0.350 e. The number of nitrogens with one attached hydrogen (secondary N) is 1. The molecule has 1 saturated heterocycles. The van der Waals surface area contributed by atoms with Crippen LogP contribution in [-0.2, 0) is 22.7 Å². The van der Waals surface area contributed by atoms with E-state index in [-0.39, 0.29) is 40.4 Å². The highest BCUT2D eigenvalue weighted by atomic mass is 79.9. The lowest BCUT2D eigenvalue weighted by molar-refractivity contribution is -0.139. The molecule has 0 aliphatic carbocycles. The number of aromatic nitrogens is 1. The molecule has 0 saturated carbocycles. The summed E-state index contributed by atoms with van der Waals surface area (Å²) in [5, 5.41) is 2.52. The summed E-state index contributed by atoms with van der Waals surface area (Å²) in [5.74, 6) is -4.01. The largest absolute Gasteiger partial charge is 0.454 e. The van der Waals surface area contributed by atoms with Crippen LogP contribution in [-0.4, -0.2) is 52.0 Å². The normalized spacial score (nSPS) is 18.0. The number of alkyl halides is 4. The molecule has 36 heavy (non-hydrogen) atoms. The van der Waals surface area contributed by atoms with Gasteiger partial charge in [0.25, 0.3) is 5.78 Å². The van der Waals surface area contributed by atoms with Gasteiger partial charge >= 0.3 is 6.18 Å². The van der Waals surface area contributed by atoms with Crippen molar-refractivity contribution >= 4 is 44.4 Å². The van der Waals surface area contributed by atoms with Crippen molar-refractivity contribution < 1.29 is 36.3 Å². The molecule has 4 rings (SSSR count). The number of fused-ring (bicyclic) bond motifs is 1. The molecule has 2 heterocycles. The van der Waals surface area contributed by atoms with Crippen LogP contribution in [0.1, 0.15) is 22.3 Å². The average Bonchev–Trinajstić information content (AvgIpc) is 3.39. The number of halogens is 6. The van der Waals surface area contributed by atoms with Gasteiger partial charge in [0.1, 0.15) is 24.6 Å². The van der Waals surface area contributed by atoms with Crippen molar-refractivity contribution in [1.82, 2.24) is 14.8 Å². The number of nitrogens with zero attached hydrogens (tertiary/aromatic N) is 2. The van der Waals surface area contributed by atoms with Crippen LogP contribution in [0.2, 0.25) is 0 Å². The number of carbonyl (C=O) groups is 3. The van der Waals surface area contributed by atoms with Crippen molar-refractivity contribution in [3.63, 3.8) is 0 Å². The van der Waals surface area contributed by atoms with Crippen LogP contribution >= 0.6 is 15.9 Å². The summed E-state index contributed by atoms with van der Waals surface area (Å²) in [6.45, 7) is -1.08. The predicted octanol–water partition coefficient (Wildman–Crippen LogP) is 4.54. The molecule has 2 amide bonds. The maximum atomic E-state index is 14.2. The second-order valence-electron chi connectivity index (χ2n) is 8.34. The SMILES string of the molecule is O=C(NCc1cccc(Br)c1F)[C@@H]1C[C@@H](F)CN1C(=O)Cn1cc(C(=O)C(F)(F)F)c2ccccc21. The van der Waals surface area contributed by atoms with E-state index in [2.05, 4.69) is 21.2 Å². The van der Waals surface area contributed by atoms with Gasteiger partial charge in [0.05, 0.1) is 16.6 Å². The Balaban J connectivity index is 1.53. The zero-order chi connectivity index (χ0) is 26.2. The zero-order valence-corrected chi connectivity index (χ0v) is 20.1. The molecule has 2 aromatic carbocycles. The fourth-order valence-corrected chi connectivity index (χ4v) is 4.65. The topological polar surface area (TPSA) is 71.4 Å². The lowest BCUT2D eigenvalue weighted by Gasteiger charge is -2.24. The van der Waals surface area contributed by atoms with E-state index in [0.717, 1.165) is 11.1 Å². The van der Waals surface area contributed by atoms with Gasteiger partial charge < -0.3 is 14.8 Å². The Morgan fingerprint density at radius 2 is 1.81 bits per heavy atom. The highest BCUT2D eigenvalue weighted by Crippen LogP contribution is 2.29. The standard InChI is InChI=1S/C24H19BrF5N3O3/c25-17-6-3-4-13(21(17)27)9-31-23(36)19-8-14(26)10-33(19)20(34)12-32-11-16(22(35)24(28,29)30)15-5-1-2-7-18(15)32/h1-7,11,14,19H,8-10,12H2,(H,31,36)/t14-,19+/m1/s1. The minimum absolute atomic E-state index is 0.0164. The van der Waals surface area contributed by atoms with Crippen LogP contribution in [0.5, 0.6) is 0 Å². The van der Waals surface area contributed by atoms with Gasteiger partial charge in [-0.2, -0.15) is 13.2 Å². The molecule has 3 aromatic rings. The second-order valence-corrected chi connectivity index (χ2v) is 9.19. The molecule has 190 valence electrons. The molecule has 1 aromatic heterocycles. The van der Waals surface area contributed by atoms with Crippen molar-refractivity contribution in [1.29, 1.82) is 0 Å². The monoisotopic (exact) mass is 571 g/mol. The third-order valence-corrected chi connectivity index (χ3v) is 6.57. The summed E-state index contributed by atoms with van der Waals surface area (Å²) in [4.78, 5) is 38.7. The molecule has 0 spiro atoms. The number of rotatable bonds is 6. The van der Waals surface area contributed by atoms with Crippen LogP contribution in [0.25, 0.3) is 10.9 Å². The number of para-hydroxylation sites is 1. The third kappa shape index (κ3) is 5.13. The molecule has 0 bridgehead atoms. The maximum absolute atomic E-state index is 14.2. The first kappa shape index (κ1) is 25.8. The van der Waals surface area contributed by atoms with Crippen molar-refractivity contribution in [2.24, 2.45) is 0 Å². The number of likely N-dealkylation sites (tertiary alicyclic amines) is 1. The van der Waals surface area contributed by atoms with Gasteiger partial charge in [-0.05, 0) is 28.1 Å². The Morgan fingerprint density at radius 3 is 2.53 bits per heavy atom. The first-order valence-corrected chi connectivity index (χ1v) is 11.6. The molecule has 0 unspecified atom stereocenters. The summed E-state index contributed by atoms with van der Waals surface area (Å²) in [5.41, 5.74) is -0.215. The number of carbonyl (C=O) groups excluding carboxylic acids is 3. The van der Waals surface area contributed by atoms with Crippen molar-refractivity contribution in [3.05, 3.63) is 70.1 Å². The van der Waals surface area contributed by atoms with Crippen molar-refractivity contribution in [3.8, 4) is 0 Å². The summed E-state index contributed by atoms with van der Waals surface area (Å²) in [7, 11) is 0. The van der Waals surface area contributed by atoms with Crippen LogP contribution in [0.15, 0.2) is 53.1 Å². The Hall–Kier alpha value is -3.28. The number of hydrogen-bond acceptors (Lipinski definition) is 3. The van der Waals surface area contributed by atoms with E-state index in [1.54, 1.807) is 6.07 Å². The zero-order valence-electron chi connectivity index (χ0n) is 18.5. The molecule has 1 N–H and O–H groups in total. The molecule has 0 radical (unpaired) electrons. The van der Waals surface area contributed by atoms with Crippen molar-refractivity contribution in [2.45, 2.75) is 37.9 Å². The lowest BCUT2D eigenvalue weighted by atomic mass is 10.1. The molecular formula is C24H19BrF5N3O3. The summed E-state index contributed by atoms with van der Waals surface area (Å²) >= 11 is 3.05. The van der Waals surface area contributed by atoms with Crippen LogP contribution in [0, 0.1) is 5.82 Å². The molecule has 12 heteroatoms. The molecule has 1 fully saturated rings. The Morgan fingerprint density at radius 1 is 1.08 bits per heavy atom. The first-order valence-electron chi connectivity index (χ1n) is 10.8. The number of hydrogen-bond donors (Lipinski definition) is 1. The third-order valence-electron chi connectivity index (χ3n) is 5.95. The average molecular weight is 572 g/mol. The number of ketones is 1. The molecule has 6 nitrogen and oxygen atoms in total. The lowest BCUT2D eigenvalue weighted by Crippen LogP contribution is -2.46. The van der Waals surface area contributed by atoms with E-state index in [1.165, 1.54) is 41.0 Å². The highest BCUT2D eigenvalue weighted by molar-refractivity contribution is 9.10. The van der Waals surface area contributed by atoms with E-state index in [4.69, 9.17) is 0 Å². The first-order chi connectivity index (χ1) is 17.0. The van der Waals surface area contributed by atoms with E-state index in [9.17, 15) is 36.3 Å². The van der Waals surface area contributed by atoms with E-state index in [0.29, 0.717) is 0 Å². The van der Waals surface area contributed by atoms with Crippen LogP contribution < -0.4 is 5.32 Å².